The van der Waals surface area contributed by atoms with Crippen LogP contribution in [0.4, 0.5) is 4.79 Å². The SMILES string of the molecule is C=C(C=C(C)C)c1ccc2c(c1)C(=O)N(OC(=O)N1CCN(CC3CCC3)CC1)C2=O. The van der Waals surface area contributed by atoms with E-state index in [1.165, 1.54) is 19.3 Å². The summed E-state index contributed by atoms with van der Waals surface area (Å²) in [5.41, 5.74) is 3.03. The third kappa shape index (κ3) is 4.42. The molecule has 0 spiro atoms. The van der Waals surface area contributed by atoms with Gasteiger partial charge in [0.25, 0.3) is 11.8 Å². The van der Waals surface area contributed by atoms with E-state index in [-0.39, 0.29) is 11.1 Å². The van der Waals surface area contributed by atoms with Gasteiger partial charge in [-0.05, 0) is 55.9 Å². The van der Waals surface area contributed by atoms with Gasteiger partial charge in [0.1, 0.15) is 0 Å². The van der Waals surface area contributed by atoms with Gasteiger partial charge in [0.2, 0.25) is 0 Å². The van der Waals surface area contributed by atoms with Gasteiger partial charge >= 0.3 is 6.09 Å². The van der Waals surface area contributed by atoms with Crippen molar-refractivity contribution in [1.29, 1.82) is 0 Å². The number of amides is 3. The van der Waals surface area contributed by atoms with Gasteiger partial charge in [-0.15, -0.1) is 0 Å². The van der Waals surface area contributed by atoms with Crippen molar-refractivity contribution in [2.75, 3.05) is 32.7 Å². The van der Waals surface area contributed by atoms with Crippen molar-refractivity contribution >= 4 is 23.5 Å². The fourth-order valence-electron chi connectivity index (χ4n) is 4.22. The van der Waals surface area contributed by atoms with E-state index in [2.05, 4.69) is 11.5 Å². The Morgan fingerprint density at radius 1 is 1.10 bits per heavy atom. The molecular formula is C24H29N3O4. The van der Waals surface area contributed by atoms with Gasteiger partial charge in [-0.2, -0.15) is 0 Å². The van der Waals surface area contributed by atoms with E-state index in [4.69, 9.17) is 4.84 Å². The smallest absolute Gasteiger partial charge is 0.310 e. The summed E-state index contributed by atoms with van der Waals surface area (Å²) >= 11 is 0. The molecule has 7 nitrogen and oxygen atoms in total. The molecule has 1 saturated heterocycles. The van der Waals surface area contributed by atoms with Crippen molar-refractivity contribution in [2.24, 2.45) is 5.92 Å². The maximum atomic E-state index is 12.8. The number of carbonyl (C=O) groups is 3. The minimum Gasteiger partial charge on any atom is -0.310 e. The molecule has 0 bridgehead atoms. The Kier molecular flexibility index (Phi) is 5.96. The van der Waals surface area contributed by atoms with Crippen molar-refractivity contribution < 1.29 is 19.2 Å². The molecule has 0 unspecified atom stereocenters. The fourth-order valence-corrected chi connectivity index (χ4v) is 4.22. The van der Waals surface area contributed by atoms with E-state index >= 15 is 0 Å². The third-order valence-corrected chi connectivity index (χ3v) is 6.22. The van der Waals surface area contributed by atoms with Crippen LogP contribution in [0.15, 0.2) is 36.4 Å². The van der Waals surface area contributed by atoms with Gasteiger partial charge in [-0.25, -0.2) is 4.79 Å². The Bertz CT molecular complexity index is 952. The Hall–Kier alpha value is -2.93. The largest absolute Gasteiger partial charge is 0.434 e. The zero-order valence-corrected chi connectivity index (χ0v) is 18.2. The Balaban J connectivity index is 1.38. The standard InChI is InChI=1S/C24H29N3O4/c1-16(2)13-17(3)19-7-8-20-21(14-19)23(29)27(22(20)28)31-24(30)26-11-9-25(10-12-26)15-18-5-4-6-18/h7-8,13-14,18H,3-6,9-12,15H2,1-2H3. The molecule has 1 aromatic carbocycles. The number of rotatable bonds is 5. The van der Waals surface area contributed by atoms with E-state index in [1.807, 2.05) is 19.9 Å². The molecule has 2 fully saturated rings. The summed E-state index contributed by atoms with van der Waals surface area (Å²) in [6.45, 7) is 11.6. The van der Waals surface area contributed by atoms with Crippen molar-refractivity contribution in [1.82, 2.24) is 14.9 Å². The molecule has 4 rings (SSSR count). The summed E-state index contributed by atoms with van der Waals surface area (Å²) < 4.78 is 0. The quantitative estimate of drug-likeness (QED) is 0.533. The zero-order valence-electron chi connectivity index (χ0n) is 18.2. The van der Waals surface area contributed by atoms with Crippen molar-refractivity contribution in [3.8, 4) is 0 Å². The zero-order chi connectivity index (χ0) is 22.1. The maximum absolute atomic E-state index is 12.8. The molecule has 31 heavy (non-hydrogen) atoms. The number of fused-ring (bicyclic) bond motifs is 1. The third-order valence-electron chi connectivity index (χ3n) is 6.22. The number of nitrogens with zero attached hydrogens (tertiary/aromatic N) is 3. The Labute approximate surface area is 182 Å². The summed E-state index contributed by atoms with van der Waals surface area (Å²) in [6.07, 6.45) is 5.16. The summed E-state index contributed by atoms with van der Waals surface area (Å²) in [6, 6.07) is 4.96. The predicted molar refractivity (Wildman–Crippen MR) is 117 cm³/mol. The van der Waals surface area contributed by atoms with Gasteiger partial charge < -0.3 is 9.74 Å². The van der Waals surface area contributed by atoms with Crippen LogP contribution in [0.3, 0.4) is 0 Å². The molecule has 1 saturated carbocycles. The molecular weight excluding hydrogens is 394 g/mol. The second-order valence-electron chi connectivity index (χ2n) is 8.85. The normalized spacial score (nSPS) is 19.2. The lowest BCUT2D eigenvalue weighted by molar-refractivity contribution is -0.0607. The molecule has 7 heteroatoms. The number of allylic oxidation sites excluding steroid dienone is 3. The lowest BCUT2D eigenvalue weighted by Crippen LogP contribution is -2.51. The Morgan fingerprint density at radius 3 is 2.39 bits per heavy atom. The molecule has 2 heterocycles. The van der Waals surface area contributed by atoms with Gasteiger partial charge in [0, 0.05) is 32.7 Å². The number of carbonyl (C=O) groups excluding carboxylic acids is 3. The first-order chi connectivity index (χ1) is 14.8. The molecule has 3 aliphatic rings. The highest BCUT2D eigenvalue weighted by atomic mass is 16.7. The van der Waals surface area contributed by atoms with Crippen LogP contribution in [0, 0.1) is 5.92 Å². The second-order valence-corrected chi connectivity index (χ2v) is 8.85. The van der Waals surface area contributed by atoms with Gasteiger partial charge in [0.05, 0.1) is 11.1 Å². The lowest BCUT2D eigenvalue weighted by Gasteiger charge is -2.38. The van der Waals surface area contributed by atoms with Crippen LogP contribution in [0.25, 0.3) is 5.57 Å². The van der Waals surface area contributed by atoms with Crippen LogP contribution in [0.5, 0.6) is 0 Å². The highest BCUT2D eigenvalue weighted by molar-refractivity contribution is 6.21. The van der Waals surface area contributed by atoms with E-state index in [0.29, 0.717) is 18.2 Å². The average molecular weight is 424 g/mol. The number of piperazine rings is 1. The molecule has 0 radical (unpaired) electrons. The highest BCUT2D eigenvalue weighted by Gasteiger charge is 2.40. The van der Waals surface area contributed by atoms with Crippen LogP contribution >= 0.6 is 0 Å². The van der Waals surface area contributed by atoms with Gasteiger partial charge in [-0.1, -0.05) is 35.8 Å². The topological polar surface area (TPSA) is 70.2 Å². The number of hydroxylamine groups is 2. The van der Waals surface area contributed by atoms with Gasteiger partial charge in [0.15, 0.2) is 0 Å². The summed E-state index contributed by atoms with van der Waals surface area (Å²) in [7, 11) is 0. The first kappa shape index (κ1) is 21.3. The summed E-state index contributed by atoms with van der Waals surface area (Å²) in [5.74, 6) is -0.449. The molecule has 0 N–H and O–H groups in total. The number of benzene rings is 1. The number of imide groups is 1. The van der Waals surface area contributed by atoms with Crippen LogP contribution in [0.1, 0.15) is 59.4 Å². The maximum Gasteiger partial charge on any atom is 0.434 e. The van der Waals surface area contributed by atoms with Crippen LogP contribution < -0.4 is 0 Å². The lowest BCUT2D eigenvalue weighted by atomic mass is 9.85. The summed E-state index contributed by atoms with van der Waals surface area (Å²) in [4.78, 5) is 47.2. The van der Waals surface area contributed by atoms with Crippen molar-refractivity contribution in [3.63, 3.8) is 0 Å². The molecule has 1 aromatic rings. The molecule has 0 aromatic heterocycles. The van der Waals surface area contributed by atoms with Crippen LogP contribution in [-0.2, 0) is 4.84 Å². The van der Waals surface area contributed by atoms with E-state index in [9.17, 15) is 14.4 Å². The fraction of sp³-hybridized carbons (Fsp3) is 0.458. The summed E-state index contributed by atoms with van der Waals surface area (Å²) in [5, 5.41) is 0.585. The molecule has 2 aliphatic heterocycles. The molecule has 0 atom stereocenters. The second kappa shape index (κ2) is 8.67. The predicted octanol–water partition coefficient (Wildman–Crippen LogP) is 3.73. The van der Waals surface area contributed by atoms with Crippen LogP contribution in [0.2, 0.25) is 0 Å². The number of hydrogen-bond acceptors (Lipinski definition) is 5. The minimum atomic E-state index is -0.660. The van der Waals surface area contributed by atoms with E-state index < -0.39 is 17.9 Å². The molecule has 1 aliphatic carbocycles. The minimum absolute atomic E-state index is 0.226. The molecule has 3 amide bonds. The molecule has 164 valence electrons. The first-order valence-electron chi connectivity index (χ1n) is 10.9. The first-order valence-corrected chi connectivity index (χ1v) is 10.9. The monoisotopic (exact) mass is 423 g/mol. The average Bonchev–Trinajstić information content (AvgIpc) is 2.95. The highest BCUT2D eigenvalue weighted by Crippen LogP contribution is 2.29. The van der Waals surface area contributed by atoms with E-state index in [0.717, 1.165) is 42.3 Å². The van der Waals surface area contributed by atoms with Crippen LogP contribution in [-0.4, -0.2) is 65.5 Å². The van der Waals surface area contributed by atoms with Crippen molar-refractivity contribution in [3.05, 3.63) is 53.1 Å². The Morgan fingerprint density at radius 2 is 1.77 bits per heavy atom. The van der Waals surface area contributed by atoms with Gasteiger partial charge in [-0.3, -0.25) is 14.5 Å². The number of hydrogen-bond donors (Lipinski definition) is 0. The van der Waals surface area contributed by atoms with E-state index in [1.54, 1.807) is 23.1 Å². The van der Waals surface area contributed by atoms with Crippen molar-refractivity contribution in [2.45, 2.75) is 33.1 Å².